The van der Waals surface area contributed by atoms with Gasteiger partial charge in [0.1, 0.15) is 0 Å². The second-order valence-electron chi connectivity index (χ2n) is 1.67. The highest BCUT2D eigenvalue weighted by Gasteiger charge is 2.50. The normalized spacial score (nSPS) is 14.5. The first kappa shape index (κ1) is 10.9. The van der Waals surface area contributed by atoms with Gasteiger partial charge in [-0.25, -0.2) is 18.0 Å². The molecule has 0 aliphatic carbocycles. The lowest BCUT2D eigenvalue weighted by Crippen LogP contribution is -2.39. The van der Waals surface area contributed by atoms with Crippen LogP contribution in [0.1, 0.15) is 0 Å². The van der Waals surface area contributed by atoms with Crippen LogP contribution in [0.25, 0.3) is 0 Å². The van der Waals surface area contributed by atoms with E-state index in [0.717, 1.165) is 0 Å². The van der Waals surface area contributed by atoms with E-state index in [-0.39, 0.29) is 0 Å². The SMILES string of the molecule is O=C(O)OC(F)(F)C(F)C(F)F. The van der Waals surface area contributed by atoms with Crippen LogP contribution in [0.4, 0.5) is 26.7 Å². The molecule has 0 saturated heterocycles. The summed E-state index contributed by atoms with van der Waals surface area (Å²) in [7, 11) is 0. The van der Waals surface area contributed by atoms with Gasteiger partial charge in [0.15, 0.2) is 0 Å². The Bertz CT molecular complexity index is 170. The molecule has 0 saturated carbocycles. The molecule has 8 heteroatoms. The van der Waals surface area contributed by atoms with Crippen LogP contribution in [0.3, 0.4) is 0 Å². The molecule has 0 fully saturated rings. The molecule has 1 N–H and O–H groups in total. The van der Waals surface area contributed by atoms with Gasteiger partial charge in [0.2, 0.25) is 0 Å². The molecule has 0 spiro atoms. The third kappa shape index (κ3) is 2.89. The van der Waals surface area contributed by atoms with Gasteiger partial charge in [-0.15, -0.1) is 0 Å². The van der Waals surface area contributed by atoms with Crippen LogP contribution in [0.5, 0.6) is 0 Å². The minimum absolute atomic E-state index is 2.52. The molecule has 0 radical (unpaired) electrons. The lowest BCUT2D eigenvalue weighted by atomic mass is 10.4. The van der Waals surface area contributed by atoms with Crippen molar-refractivity contribution in [2.75, 3.05) is 0 Å². The maximum atomic E-state index is 11.9. The van der Waals surface area contributed by atoms with Gasteiger partial charge in [0, 0.05) is 0 Å². The standard InChI is InChI=1S/C4H3F5O3/c5-1(2(6)7)4(8,9)12-3(10)11/h1-2H,(H,10,11). The molecule has 0 aliphatic rings. The predicted octanol–water partition coefficient (Wildman–Crippen LogP) is 1.88. The van der Waals surface area contributed by atoms with Gasteiger partial charge in [0.05, 0.1) is 0 Å². The minimum atomic E-state index is -5.01. The van der Waals surface area contributed by atoms with E-state index in [1.165, 1.54) is 0 Å². The fourth-order valence-electron chi connectivity index (χ4n) is 0.319. The quantitative estimate of drug-likeness (QED) is 0.551. The van der Waals surface area contributed by atoms with Crippen molar-refractivity contribution in [2.24, 2.45) is 0 Å². The van der Waals surface area contributed by atoms with E-state index in [1.807, 2.05) is 0 Å². The zero-order valence-electron chi connectivity index (χ0n) is 5.31. The van der Waals surface area contributed by atoms with Crippen molar-refractivity contribution < 1.29 is 36.6 Å². The van der Waals surface area contributed by atoms with E-state index in [2.05, 4.69) is 4.74 Å². The summed E-state index contributed by atoms with van der Waals surface area (Å²) in [4.78, 5) is 9.43. The highest BCUT2D eigenvalue weighted by molar-refractivity contribution is 5.57. The van der Waals surface area contributed by atoms with Gasteiger partial charge in [-0.2, -0.15) is 8.78 Å². The third-order valence-corrected chi connectivity index (χ3v) is 0.766. The van der Waals surface area contributed by atoms with E-state index in [4.69, 9.17) is 5.11 Å². The first-order chi connectivity index (χ1) is 5.27. The van der Waals surface area contributed by atoms with Crippen molar-refractivity contribution in [3.8, 4) is 0 Å². The van der Waals surface area contributed by atoms with Crippen LogP contribution >= 0.6 is 0 Å². The Morgan fingerprint density at radius 3 is 2.00 bits per heavy atom. The Labute approximate surface area is 62.7 Å². The summed E-state index contributed by atoms with van der Waals surface area (Å²) >= 11 is 0. The smallest absolute Gasteiger partial charge is 0.450 e. The molecule has 0 bridgehead atoms. The molecular formula is C4H3F5O3. The van der Waals surface area contributed by atoms with Crippen LogP contribution < -0.4 is 0 Å². The van der Waals surface area contributed by atoms with Gasteiger partial charge < -0.3 is 9.84 Å². The lowest BCUT2D eigenvalue weighted by Gasteiger charge is -2.17. The highest BCUT2D eigenvalue weighted by atomic mass is 19.3. The van der Waals surface area contributed by atoms with Crippen LogP contribution in [-0.2, 0) is 4.74 Å². The van der Waals surface area contributed by atoms with E-state index < -0.39 is 24.9 Å². The maximum Gasteiger partial charge on any atom is 0.510 e. The molecule has 12 heavy (non-hydrogen) atoms. The van der Waals surface area contributed by atoms with Gasteiger partial charge in [-0.05, 0) is 0 Å². The van der Waals surface area contributed by atoms with Crippen molar-refractivity contribution >= 4 is 6.16 Å². The van der Waals surface area contributed by atoms with E-state index >= 15 is 0 Å². The lowest BCUT2D eigenvalue weighted by molar-refractivity contribution is -0.266. The van der Waals surface area contributed by atoms with Gasteiger partial charge >= 0.3 is 12.3 Å². The molecule has 1 unspecified atom stereocenters. The molecule has 3 nitrogen and oxygen atoms in total. The largest absolute Gasteiger partial charge is 0.510 e. The van der Waals surface area contributed by atoms with Crippen molar-refractivity contribution in [3.63, 3.8) is 0 Å². The van der Waals surface area contributed by atoms with Crippen molar-refractivity contribution in [2.45, 2.75) is 18.7 Å². The van der Waals surface area contributed by atoms with Crippen LogP contribution in [0, 0.1) is 0 Å². The summed E-state index contributed by atoms with van der Waals surface area (Å²) < 4.78 is 60.6. The zero-order chi connectivity index (χ0) is 9.94. The minimum Gasteiger partial charge on any atom is -0.450 e. The number of hydrogen-bond donors (Lipinski definition) is 1. The third-order valence-electron chi connectivity index (χ3n) is 0.766. The molecule has 1 atom stereocenters. The fourth-order valence-corrected chi connectivity index (χ4v) is 0.319. The molecule has 0 aliphatic heterocycles. The van der Waals surface area contributed by atoms with E-state index in [1.54, 1.807) is 0 Å². The molecule has 0 amide bonds. The predicted molar refractivity (Wildman–Crippen MR) is 25.0 cm³/mol. The molecule has 0 aromatic rings. The van der Waals surface area contributed by atoms with Crippen molar-refractivity contribution in [1.82, 2.24) is 0 Å². The Balaban J connectivity index is 4.28. The molecule has 72 valence electrons. The fraction of sp³-hybridized carbons (Fsp3) is 0.750. The summed E-state index contributed by atoms with van der Waals surface area (Å²) in [6.07, 6.45) is -15.5. The monoisotopic (exact) mass is 194 g/mol. The van der Waals surface area contributed by atoms with Gasteiger partial charge in [-0.3, -0.25) is 0 Å². The molecule has 0 rings (SSSR count). The Hall–Kier alpha value is -1.08. The number of alkyl halides is 5. The molecule has 0 heterocycles. The molecule has 0 aromatic heterocycles. The van der Waals surface area contributed by atoms with Crippen molar-refractivity contribution in [1.29, 1.82) is 0 Å². The number of hydrogen-bond acceptors (Lipinski definition) is 2. The Kier molecular flexibility index (Phi) is 3.23. The maximum absolute atomic E-state index is 11.9. The second-order valence-corrected chi connectivity index (χ2v) is 1.67. The summed E-state index contributed by atoms with van der Waals surface area (Å²) in [5, 5.41) is 7.57. The Morgan fingerprint density at radius 1 is 1.33 bits per heavy atom. The topological polar surface area (TPSA) is 46.5 Å². The molecular weight excluding hydrogens is 191 g/mol. The van der Waals surface area contributed by atoms with Crippen LogP contribution in [-0.4, -0.2) is 30.0 Å². The number of halogens is 5. The first-order valence-corrected chi connectivity index (χ1v) is 2.49. The highest BCUT2D eigenvalue weighted by Crippen LogP contribution is 2.27. The van der Waals surface area contributed by atoms with Gasteiger partial charge in [0.25, 0.3) is 12.6 Å². The molecule has 0 aromatic carbocycles. The first-order valence-electron chi connectivity index (χ1n) is 2.49. The summed E-state index contributed by atoms with van der Waals surface area (Å²) in [6.45, 7) is 0. The zero-order valence-corrected chi connectivity index (χ0v) is 5.31. The average molecular weight is 194 g/mol. The van der Waals surface area contributed by atoms with Crippen molar-refractivity contribution in [3.05, 3.63) is 0 Å². The summed E-state index contributed by atoms with van der Waals surface area (Å²) in [5.74, 6) is 0. The second kappa shape index (κ2) is 3.55. The number of carboxylic acid groups (broad SMARTS) is 1. The van der Waals surface area contributed by atoms with Crippen LogP contribution in [0.15, 0.2) is 0 Å². The average Bonchev–Trinajstić information content (AvgIpc) is 1.82. The van der Waals surface area contributed by atoms with Gasteiger partial charge in [-0.1, -0.05) is 0 Å². The van der Waals surface area contributed by atoms with E-state index in [0.29, 0.717) is 0 Å². The Morgan fingerprint density at radius 2 is 1.75 bits per heavy atom. The number of rotatable bonds is 3. The number of carbonyl (C=O) groups is 1. The summed E-state index contributed by atoms with van der Waals surface area (Å²) in [6, 6.07) is 0. The van der Waals surface area contributed by atoms with E-state index in [9.17, 15) is 26.7 Å². The van der Waals surface area contributed by atoms with Crippen LogP contribution in [0.2, 0.25) is 0 Å². The summed E-state index contributed by atoms with van der Waals surface area (Å²) in [5.41, 5.74) is 0. The number of ether oxygens (including phenoxy) is 1.